The first-order valence-electron chi connectivity index (χ1n) is 5.47. The average Bonchev–Trinajstić information content (AvgIpc) is 2.46. The molecule has 2 heteroatoms. The maximum Gasteiger partial charge on any atom is 0.0978 e. The Kier molecular flexibility index (Phi) is 4.44. The van der Waals surface area contributed by atoms with Crippen LogP contribution in [0.3, 0.4) is 0 Å². The van der Waals surface area contributed by atoms with Gasteiger partial charge in [-0.15, -0.1) is 6.42 Å². The predicted molar refractivity (Wildman–Crippen MR) is 59.1 cm³/mol. The van der Waals surface area contributed by atoms with E-state index in [1.165, 1.54) is 25.7 Å². The summed E-state index contributed by atoms with van der Waals surface area (Å²) >= 11 is 0. The lowest BCUT2D eigenvalue weighted by molar-refractivity contribution is -0.0368. The Hall–Kier alpha value is -0.520. The fourth-order valence-electron chi connectivity index (χ4n) is 2.44. The molecule has 1 aliphatic carbocycles. The van der Waals surface area contributed by atoms with Gasteiger partial charge in [-0.1, -0.05) is 31.6 Å². The Balaban J connectivity index is 2.76. The number of methoxy groups -OCH3 is 1. The largest absolute Gasteiger partial charge is 0.376 e. The highest BCUT2D eigenvalue weighted by Gasteiger charge is 2.37. The number of terminal acetylenes is 1. The highest BCUT2D eigenvalue weighted by molar-refractivity contribution is 5.10. The van der Waals surface area contributed by atoms with Crippen molar-refractivity contribution in [3.8, 4) is 12.3 Å². The van der Waals surface area contributed by atoms with Gasteiger partial charge in [0.1, 0.15) is 0 Å². The van der Waals surface area contributed by atoms with E-state index >= 15 is 0 Å². The molecular weight excluding hydrogens is 174 g/mol. The summed E-state index contributed by atoms with van der Waals surface area (Å²) in [7, 11) is 3.70. The second kappa shape index (κ2) is 5.38. The number of likely N-dealkylation sites (N-methyl/N-ethyl adjacent to an activating group) is 1. The van der Waals surface area contributed by atoms with Gasteiger partial charge in [0.25, 0.3) is 0 Å². The van der Waals surface area contributed by atoms with E-state index in [1.54, 1.807) is 7.11 Å². The van der Waals surface area contributed by atoms with Crippen LogP contribution in [-0.2, 0) is 4.74 Å². The van der Waals surface area contributed by atoms with E-state index in [2.05, 4.69) is 11.2 Å². The molecule has 0 bridgehead atoms. The molecule has 0 radical (unpaired) electrons. The Morgan fingerprint density at radius 2 is 1.86 bits per heavy atom. The van der Waals surface area contributed by atoms with Crippen molar-refractivity contribution < 1.29 is 4.74 Å². The molecule has 1 unspecified atom stereocenters. The van der Waals surface area contributed by atoms with Gasteiger partial charge in [0.15, 0.2) is 0 Å². The second-order valence-electron chi connectivity index (χ2n) is 4.07. The lowest BCUT2D eigenvalue weighted by Crippen LogP contribution is -2.49. The van der Waals surface area contributed by atoms with Crippen LogP contribution in [0.15, 0.2) is 0 Å². The van der Waals surface area contributed by atoms with Gasteiger partial charge in [0.2, 0.25) is 0 Å². The van der Waals surface area contributed by atoms with Crippen LogP contribution in [0.2, 0.25) is 0 Å². The first-order chi connectivity index (χ1) is 6.79. The smallest absolute Gasteiger partial charge is 0.0978 e. The van der Waals surface area contributed by atoms with Crippen LogP contribution in [0.25, 0.3) is 0 Å². The molecule has 1 aliphatic rings. The summed E-state index contributed by atoms with van der Waals surface area (Å²) in [5.74, 6) is 2.80. The number of nitrogens with one attached hydrogen (secondary N) is 1. The molecule has 1 fully saturated rings. The van der Waals surface area contributed by atoms with Gasteiger partial charge < -0.3 is 10.1 Å². The third-order valence-electron chi connectivity index (χ3n) is 3.34. The summed E-state index contributed by atoms with van der Waals surface area (Å²) in [5.41, 5.74) is -0.125. The molecular formula is C12H21NO. The molecule has 2 nitrogen and oxygen atoms in total. The lowest BCUT2D eigenvalue weighted by atomic mass is 9.86. The standard InChI is InChI=1S/C12H21NO/c1-4-11(13-2)12(14-3)9-7-5-6-8-10-12/h1,11,13H,5-10H2,2-3H3. The molecule has 0 amide bonds. The second-order valence-corrected chi connectivity index (χ2v) is 4.07. The van der Waals surface area contributed by atoms with Crippen molar-refractivity contribution in [2.75, 3.05) is 14.2 Å². The van der Waals surface area contributed by atoms with Gasteiger partial charge in [-0.25, -0.2) is 0 Å². The van der Waals surface area contributed by atoms with E-state index < -0.39 is 0 Å². The summed E-state index contributed by atoms with van der Waals surface area (Å²) in [6.07, 6.45) is 12.8. The van der Waals surface area contributed by atoms with E-state index in [0.717, 1.165) is 12.8 Å². The maximum absolute atomic E-state index is 5.70. The molecule has 1 rings (SSSR count). The van der Waals surface area contributed by atoms with Crippen molar-refractivity contribution in [2.45, 2.75) is 50.2 Å². The zero-order chi connectivity index (χ0) is 10.4. The summed E-state index contributed by atoms with van der Waals surface area (Å²) in [6.45, 7) is 0. The number of ether oxygens (including phenoxy) is 1. The normalized spacial score (nSPS) is 23.5. The monoisotopic (exact) mass is 195 g/mol. The van der Waals surface area contributed by atoms with Crippen LogP contribution >= 0.6 is 0 Å². The topological polar surface area (TPSA) is 21.3 Å². The molecule has 0 aromatic rings. The van der Waals surface area contributed by atoms with Crippen molar-refractivity contribution in [3.63, 3.8) is 0 Å². The zero-order valence-electron chi connectivity index (χ0n) is 9.31. The van der Waals surface area contributed by atoms with Crippen LogP contribution in [-0.4, -0.2) is 25.8 Å². The zero-order valence-corrected chi connectivity index (χ0v) is 9.31. The lowest BCUT2D eigenvalue weighted by Gasteiger charge is -2.36. The van der Waals surface area contributed by atoms with Gasteiger partial charge in [-0.3, -0.25) is 0 Å². The Bertz CT molecular complexity index is 199. The number of hydrogen-bond donors (Lipinski definition) is 1. The summed E-state index contributed by atoms with van der Waals surface area (Å²) in [6, 6.07) is 0.0469. The molecule has 0 heterocycles. The van der Waals surface area contributed by atoms with Crippen LogP contribution in [0, 0.1) is 12.3 Å². The molecule has 1 atom stereocenters. The van der Waals surface area contributed by atoms with Gasteiger partial charge in [0, 0.05) is 7.11 Å². The molecule has 0 saturated heterocycles. The van der Waals surface area contributed by atoms with E-state index in [1.807, 2.05) is 7.05 Å². The van der Waals surface area contributed by atoms with Crippen molar-refractivity contribution >= 4 is 0 Å². The van der Waals surface area contributed by atoms with E-state index in [4.69, 9.17) is 11.2 Å². The Morgan fingerprint density at radius 1 is 1.29 bits per heavy atom. The van der Waals surface area contributed by atoms with Crippen molar-refractivity contribution in [3.05, 3.63) is 0 Å². The average molecular weight is 195 g/mol. The minimum atomic E-state index is -0.125. The first-order valence-corrected chi connectivity index (χ1v) is 5.47. The fourth-order valence-corrected chi connectivity index (χ4v) is 2.44. The summed E-state index contributed by atoms with van der Waals surface area (Å²) in [4.78, 5) is 0. The maximum atomic E-state index is 5.70. The van der Waals surface area contributed by atoms with E-state index in [9.17, 15) is 0 Å². The first kappa shape index (κ1) is 11.6. The van der Waals surface area contributed by atoms with E-state index in [-0.39, 0.29) is 11.6 Å². The van der Waals surface area contributed by atoms with Gasteiger partial charge in [-0.2, -0.15) is 0 Å². The molecule has 1 N–H and O–H groups in total. The molecule has 80 valence electrons. The van der Waals surface area contributed by atoms with Crippen LogP contribution < -0.4 is 5.32 Å². The van der Waals surface area contributed by atoms with Crippen LogP contribution in [0.1, 0.15) is 38.5 Å². The Labute approximate surface area is 87.4 Å². The fraction of sp³-hybridized carbons (Fsp3) is 0.833. The Morgan fingerprint density at radius 3 is 2.21 bits per heavy atom. The van der Waals surface area contributed by atoms with Gasteiger partial charge in [-0.05, 0) is 19.9 Å². The summed E-state index contributed by atoms with van der Waals surface area (Å²) in [5, 5.41) is 3.18. The highest BCUT2D eigenvalue weighted by Crippen LogP contribution is 2.32. The molecule has 1 saturated carbocycles. The minimum absolute atomic E-state index is 0.0469. The van der Waals surface area contributed by atoms with Crippen molar-refractivity contribution in [1.82, 2.24) is 5.32 Å². The van der Waals surface area contributed by atoms with Crippen LogP contribution in [0.4, 0.5) is 0 Å². The molecule has 0 aromatic carbocycles. The molecule has 0 spiro atoms. The van der Waals surface area contributed by atoms with E-state index in [0.29, 0.717) is 0 Å². The predicted octanol–water partition coefficient (Wildman–Crippen LogP) is 1.95. The van der Waals surface area contributed by atoms with Crippen LogP contribution in [0.5, 0.6) is 0 Å². The van der Waals surface area contributed by atoms with Gasteiger partial charge in [0.05, 0.1) is 11.6 Å². The third kappa shape index (κ3) is 2.29. The summed E-state index contributed by atoms with van der Waals surface area (Å²) < 4.78 is 5.70. The number of rotatable bonds is 3. The quantitative estimate of drug-likeness (QED) is 0.549. The van der Waals surface area contributed by atoms with Crippen molar-refractivity contribution in [2.24, 2.45) is 0 Å². The molecule has 0 aliphatic heterocycles. The SMILES string of the molecule is C#CC(NC)C1(OC)CCCCCC1. The number of hydrogen-bond acceptors (Lipinski definition) is 2. The van der Waals surface area contributed by atoms with Crippen molar-refractivity contribution in [1.29, 1.82) is 0 Å². The third-order valence-corrected chi connectivity index (χ3v) is 3.34. The molecule has 14 heavy (non-hydrogen) atoms. The molecule has 0 aromatic heterocycles. The highest BCUT2D eigenvalue weighted by atomic mass is 16.5. The van der Waals surface area contributed by atoms with Gasteiger partial charge >= 0.3 is 0 Å². The minimum Gasteiger partial charge on any atom is -0.376 e.